The molecule has 0 radical (unpaired) electrons. The lowest BCUT2D eigenvalue weighted by atomic mass is 10.3. The van der Waals surface area contributed by atoms with Crippen molar-refractivity contribution in [1.29, 1.82) is 0 Å². The molecule has 0 aromatic carbocycles. The fourth-order valence-electron chi connectivity index (χ4n) is 1.31. The molecule has 0 bridgehead atoms. The van der Waals surface area contributed by atoms with Gasteiger partial charge >= 0.3 is 0 Å². The third kappa shape index (κ3) is 1.66. The number of ether oxygens (including phenoxy) is 1. The zero-order chi connectivity index (χ0) is 6.69. The van der Waals surface area contributed by atoms with Crippen molar-refractivity contribution < 1.29 is 9.84 Å². The number of hydrogen-bond donors (Lipinski definition) is 1. The van der Waals surface area contributed by atoms with Crippen molar-refractivity contribution in [3.05, 3.63) is 0 Å². The summed E-state index contributed by atoms with van der Waals surface area (Å²) < 4.78 is 5.27. The van der Waals surface area contributed by atoms with Gasteiger partial charge in [0.2, 0.25) is 0 Å². The highest BCUT2D eigenvalue weighted by molar-refractivity contribution is 4.76. The van der Waals surface area contributed by atoms with Crippen LogP contribution in [0.25, 0.3) is 0 Å². The summed E-state index contributed by atoms with van der Waals surface area (Å²) in [6.45, 7) is 2.69. The van der Waals surface area contributed by atoms with Gasteiger partial charge in [-0.15, -0.1) is 0 Å². The summed E-state index contributed by atoms with van der Waals surface area (Å²) in [5.41, 5.74) is 0. The quantitative estimate of drug-likeness (QED) is 0.602. The Morgan fingerprint density at radius 1 is 1.56 bits per heavy atom. The van der Waals surface area contributed by atoms with Gasteiger partial charge in [0.05, 0.1) is 12.2 Å². The van der Waals surface area contributed by atoms with Gasteiger partial charge in [0.15, 0.2) is 0 Å². The van der Waals surface area contributed by atoms with E-state index in [2.05, 4.69) is 0 Å². The van der Waals surface area contributed by atoms with E-state index in [0.717, 1.165) is 25.9 Å². The van der Waals surface area contributed by atoms with Crippen molar-refractivity contribution in [2.24, 2.45) is 0 Å². The van der Waals surface area contributed by atoms with Gasteiger partial charge in [-0.2, -0.15) is 0 Å². The topological polar surface area (TPSA) is 29.5 Å². The van der Waals surface area contributed by atoms with Gasteiger partial charge in [0.25, 0.3) is 0 Å². The van der Waals surface area contributed by atoms with Crippen molar-refractivity contribution in [1.82, 2.24) is 0 Å². The molecule has 9 heavy (non-hydrogen) atoms. The second kappa shape index (κ2) is 3.18. The first kappa shape index (κ1) is 7.03. The molecule has 1 aliphatic carbocycles. The fourth-order valence-corrected chi connectivity index (χ4v) is 1.31. The van der Waals surface area contributed by atoms with Crippen LogP contribution in [0, 0.1) is 0 Å². The first-order valence-corrected chi connectivity index (χ1v) is 3.64. The molecule has 1 rings (SSSR count). The molecule has 2 atom stereocenters. The molecule has 0 spiro atoms. The van der Waals surface area contributed by atoms with Gasteiger partial charge in [-0.1, -0.05) is 0 Å². The maximum absolute atomic E-state index is 9.20. The summed E-state index contributed by atoms with van der Waals surface area (Å²) >= 11 is 0. The van der Waals surface area contributed by atoms with Crippen LogP contribution in [0.3, 0.4) is 0 Å². The van der Waals surface area contributed by atoms with Crippen LogP contribution in [0.1, 0.15) is 26.2 Å². The molecule has 2 nitrogen and oxygen atoms in total. The van der Waals surface area contributed by atoms with Gasteiger partial charge < -0.3 is 9.84 Å². The maximum atomic E-state index is 9.20. The van der Waals surface area contributed by atoms with E-state index in [9.17, 15) is 5.11 Å². The lowest BCUT2D eigenvalue weighted by Crippen LogP contribution is -2.22. The van der Waals surface area contributed by atoms with E-state index in [1.807, 2.05) is 6.92 Å². The normalized spacial score (nSPS) is 35.3. The SMILES string of the molecule is CCO[C@H]1CCC[C@@H]1O. The van der Waals surface area contributed by atoms with E-state index < -0.39 is 0 Å². The number of rotatable bonds is 2. The molecule has 1 N–H and O–H groups in total. The van der Waals surface area contributed by atoms with Crippen LogP contribution < -0.4 is 0 Å². The average Bonchev–Trinajstić information content (AvgIpc) is 2.18. The number of aliphatic hydroxyl groups excluding tert-OH is 1. The summed E-state index contributed by atoms with van der Waals surface area (Å²) in [5.74, 6) is 0. The van der Waals surface area contributed by atoms with Gasteiger partial charge in [-0.25, -0.2) is 0 Å². The van der Waals surface area contributed by atoms with Crippen LogP contribution in [-0.2, 0) is 4.74 Å². The average molecular weight is 130 g/mol. The van der Waals surface area contributed by atoms with Crippen LogP contribution >= 0.6 is 0 Å². The van der Waals surface area contributed by atoms with Crippen molar-refractivity contribution in [2.45, 2.75) is 38.4 Å². The van der Waals surface area contributed by atoms with Crippen LogP contribution in [0.4, 0.5) is 0 Å². The van der Waals surface area contributed by atoms with Crippen LogP contribution in [0.5, 0.6) is 0 Å². The molecule has 0 aliphatic heterocycles. The Hall–Kier alpha value is -0.0800. The largest absolute Gasteiger partial charge is 0.390 e. The zero-order valence-corrected chi connectivity index (χ0v) is 5.84. The van der Waals surface area contributed by atoms with Crippen molar-refractivity contribution in [3.63, 3.8) is 0 Å². The number of aliphatic hydroxyl groups is 1. The molecule has 0 unspecified atom stereocenters. The van der Waals surface area contributed by atoms with Gasteiger partial charge in [-0.3, -0.25) is 0 Å². The Labute approximate surface area is 55.8 Å². The van der Waals surface area contributed by atoms with E-state index >= 15 is 0 Å². The lowest BCUT2D eigenvalue weighted by molar-refractivity contribution is -0.0128. The third-order valence-corrected chi connectivity index (χ3v) is 1.80. The molecule has 0 aromatic rings. The van der Waals surface area contributed by atoms with Crippen molar-refractivity contribution in [3.8, 4) is 0 Å². The van der Waals surface area contributed by atoms with Crippen molar-refractivity contribution in [2.75, 3.05) is 6.61 Å². The minimum Gasteiger partial charge on any atom is -0.390 e. The molecule has 0 heterocycles. The van der Waals surface area contributed by atoms with E-state index in [-0.39, 0.29) is 12.2 Å². The Balaban J connectivity index is 2.22. The lowest BCUT2D eigenvalue weighted by Gasteiger charge is -2.13. The Bertz CT molecular complexity index is 83.0. The number of hydrogen-bond acceptors (Lipinski definition) is 2. The second-order valence-electron chi connectivity index (χ2n) is 2.49. The monoisotopic (exact) mass is 130 g/mol. The molecule has 2 heteroatoms. The summed E-state index contributed by atoms with van der Waals surface area (Å²) in [4.78, 5) is 0. The second-order valence-corrected chi connectivity index (χ2v) is 2.49. The molecular weight excluding hydrogens is 116 g/mol. The predicted octanol–water partition coefficient (Wildman–Crippen LogP) is 0.936. The zero-order valence-electron chi connectivity index (χ0n) is 5.84. The summed E-state index contributed by atoms with van der Waals surface area (Å²) in [6, 6.07) is 0. The molecule has 1 aliphatic rings. The third-order valence-electron chi connectivity index (χ3n) is 1.80. The van der Waals surface area contributed by atoms with Gasteiger partial charge in [0, 0.05) is 6.61 Å². The molecule has 0 saturated heterocycles. The van der Waals surface area contributed by atoms with Crippen LogP contribution in [0.15, 0.2) is 0 Å². The van der Waals surface area contributed by atoms with Crippen LogP contribution in [0.2, 0.25) is 0 Å². The first-order chi connectivity index (χ1) is 4.34. The smallest absolute Gasteiger partial charge is 0.0833 e. The van der Waals surface area contributed by atoms with Crippen LogP contribution in [-0.4, -0.2) is 23.9 Å². The van der Waals surface area contributed by atoms with Gasteiger partial charge in [0.1, 0.15) is 0 Å². The summed E-state index contributed by atoms with van der Waals surface area (Å²) in [6.07, 6.45) is 3.02. The molecule has 0 amide bonds. The molecular formula is C7H14O2. The molecule has 54 valence electrons. The fraction of sp³-hybridized carbons (Fsp3) is 1.00. The Morgan fingerprint density at radius 2 is 2.33 bits per heavy atom. The highest BCUT2D eigenvalue weighted by Gasteiger charge is 2.24. The Morgan fingerprint density at radius 3 is 2.78 bits per heavy atom. The van der Waals surface area contributed by atoms with Gasteiger partial charge in [-0.05, 0) is 26.2 Å². The summed E-state index contributed by atoms with van der Waals surface area (Å²) in [7, 11) is 0. The Kier molecular flexibility index (Phi) is 2.49. The molecule has 1 saturated carbocycles. The highest BCUT2D eigenvalue weighted by Crippen LogP contribution is 2.21. The summed E-state index contributed by atoms with van der Waals surface area (Å²) in [5, 5.41) is 9.20. The minimum absolute atomic E-state index is 0.134. The molecule has 1 fully saturated rings. The van der Waals surface area contributed by atoms with Crippen molar-refractivity contribution >= 4 is 0 Å². The van der Waals surface area contributed by atoms with E-state index in [4.69, 9.17) is 4.74 Å². The van der Waals surface area contributed by atoms with E-state index in [1.54, 1.807) is 0 Å². The van der Waals surface area contributed by atoms with E-state index in [0.29, 0.717) is 0 Å². The maximum Gasteiger partial charge on any atom is 0.0833 e. The van der Waals surface area contributed by atoms with E-state index in [1.165, 1.54) is 0 Å². The minimum atomic E-state index is -0.190. The highest BCUT2D eigenvalue weighted by atomic mass is 16.5. The first-order valence-electron chi connectivity index (χ1n) is 3.64. The predicted molar refractivity (Wildman–Crippen MR) is 35.3 cm³/mol. The standard InChI is InChI=1S/C7H14O2/c1-2-9-7-5-3-4-6(7)8/h6-8H,2-5H2,1H3/t6-,7-/m0/s1. The molecule has 0 aromatic heterocycles.